The number of hydrogen-bond donors (Lipinski definition) is 1. The number of alkyl halides is 3. The van der Waals surface area contributed by atoms with Crippen molar-refractivity contribution >= 4 is 23.3 Å². The second-order valence-corrected chi connectivity index (χ2v) is 8.25. The molecule has 178 valence electrons. The molecule has 2 aromatic heterocycles. The standard InChI is InChI=1S/C23H21ClF3N5O2/c1-14(33)22(34)32-10-8-31(9-11-32)19-13-29-20(15-2-4-16(5-3-15)23(25,26)27)21(30-19)17-6-7-28-12-18(17)24/h2-7,12-14,33H,8-11H2,1H3/t14-/m0/s1. The number of anilines is 1. The number of rotatable bonds is 4. The molecule has 0 radical (unpaired) electrons. The average Bonchev–Trinajstić information content (AvgIpc) is 2.83. The van der Waals surface area contributed by atoms with Gasteiger partial charge in [0.2, 0.25) is 0 Å². The van der Waals surface area contributed by atoms with Gasteiger partial charge < -0.3 is 14.9 Å². The van der Waals surface area contributed by atoms with E-state index in [1.807, 2.05) is 4.90 Å². The minimum Gasteiger partial charge on any atom is -0.384 e. The molecule has 1 saturated heterocycles. The molecule has 1 aliphatic heterocycles. The van der Waals surface area contributed by atoms with E-state index in [1.165, 1.54) is 25.3 Å². The van der Waals surface area contributed by atoms with Gasteiger partial charge in [0.25, 0.3) is 5.91 Å². The topological polar surface area (TPSA) is 82.5 Å². The first-order valence-corrected chi connectivity index (χ1v) is 10.9. The Morgan fingerprint density at radius 3 is 2.32 bits per heavy atom. The van der Waals surface area contributed by atoms with Crippen molar-refractivity contribution in [3.8, 4) is 22.5 Å². The van der Waals surface area contributed by atoms with Crippen molar-refractivity contribution in [2.75, 3.05) is 31.1 Å². The Morgan fingerprint density at radius 1 is 1.06 bits per heavy atom. The molecular formula is C23H21ClF3N5O2. The molecule has 0 saturated carbocycles. The van der Waals surface area contributed by atoms with E-state index < -0.39 is 17.8 Å². The minimum atomic E-state index is -4.44. The van der Waals surface area contributed by atoms with E-state index >= 15 is 0 Å². The number of amides is 1. The summed E-state index contributed by atoms with van der Waals surface area (Å²) < 4.78 is 39.0. The van der Waals surface area contributed by atoms with Crippen LogP contribution in [-0.2, 0) is 11.0 Å². The van der Waals surface area contributed by atoms with Gasteiger partial charge in [-0.25, -0.2) is 4.98 Å². The van der Waals surface area contributed by atoms with Gasteiger partial charge in [0.05, 0.1) is 22.5 Å². The summed E-state index contributed by atoms with van der Waals surface area (Å²) in [5.74, 6) is 0.218. The van der Waals surface area contributed by atoms with E-state index in [1.54, 1.807) is 23.4 Å². The van der Waals surface area contributed by atoms with Crippen molar-refractivity contribution in [2.45, 2.75) is 19.2 Å². The number of aliphatic hydroxyl groups is 1. The number of halogens is 4. The number of carbonyl (C=O) groups excluding carboxylic acids is 1. The number of nitrogens with zero attached hydrogens (tertiary/aromatic N) is 5. The highest BCUT2D eigenvalue weighted by atomic mass is 35.5. The fourth-order valence-corrected chi connectivity index (χ4v) is 3.94. The molecule has 3 aromatic rings. The molecular weight excluding hydrogens is 471 g/mol. The summed E-state index contributed by atoms with van der Waals surface area (Å²) in [5.41, 5.74) is 1.04. The zero-order valence-electron chi connectivity index (χ0n) is 18.1. The van der Waals surface area contributed by atoms with Crippen molar-refractivity contribution in [1.82, 2.24) is 19.9 Å². The molecule has 0 aliphatic carbocycles. The van der Waals surface area contributed by atoms with Gasteiger partial charge in [-0.05, 0) is 25.1 Å². The first-order valence-electron chi connectivity index (χ1n) is 10.5. The SMILES string of the molecule is C[C@H](O)C(=O)N1CCN(c2cnc(-c3ccc(C(F)(F)F)cc3)c(-c3ccncc3Cl)n2)CC1. The van der Waals surface area contributed by atoms with Gasteiger partial charge in [-0.3, -0.25) is 14.8 Å². The quantitative estimate of drug-likeness (QED) is 0.596. The summed E-state index contributed by atoms with van der Waals surface area (Å²) in [6.45, 7) is 3.23. The Morgan fingerprint density at radius 2 is 1.74 bits per heavy atom. The summed E-state index contributed by atoms with van der Waals surface area (Å²) >= 11 is 6.36. The molecule has 0 spiro atoms. The van der Waals surface area contributed by atoms with E-state index in [2.05, 4.69) is 9.97 Å². The molecule has 1 N–H and O–H groups in total. The average molecular weight is 492 g/mol. The molecule has 1 aromatic carbocycles. The minimum absolute atomic E-state index is 0.326. The highest BCUT2D eigenvalue weighted by molar-refractivity contribution is 6.33. The number of aromatic nitrogens is 3. The van der Waals surface area contributed by atoms with E-state index in [0.717, 1.165) is 12.1 Å². The highest BCUT2D eigenvalue weighted by Crippen LogP contribution is 2.36. The maximum atomic E-state index is 13.0. The lowest BCUT2D eigenvalue weighted by molar-refractivity contribution is -0.139. The lowest BCUT2D eigenvalue weighted by Crippen LogP contribution is -2.51. The van der Waals surface area contributed by atoms with Crippen LogP contribution in [0, 0.1) is 0 Å². The highest BCUT2D eigenvalue weighted by Gasteiger charge is 2.30. The number of hydrogen-bond acceptors (Lipinski definition) is 6. The van der Waals surface area contributed by atoms with Crippen LogP contribution < -0.4 is 4.90 Å². The maximum Gasteiger partial charge on any atom is 0.416 e. The summed E-state index contributed by atoms with van der Waals surface area (Å²) in [7, 11) is 0. The Balaban J connectivity index is 1.69. The Kier molecular flexibility index (Phi) is 6.72. The summed E-state index contributed by atoms with van der Waals surface area (Å²) in [5, 5.41) is 9.87. The van der Waals surface area contributed by atoms with Crippen molar-refractivity contribution in [1.29, 1.82) is 0 Å². The van der Waals surface area contributed by atoms with Crippen LogP contribution in [0.2, 0.25) is 5.02 Å². The number of pyridine rings is 1. The van der Waals surface area contributed by atoms with E-state index in [0.29, 0.717) is 59.5 Å². The Labute approximate surface area is 198 Å². The van der Waals surface area contributed by atoms with Gasteiger partial charge in [0, 0.05) is 49.7 Å². The van der Waals surface area contributed by atoms with Gasteiger partial charge in [-0.15, -0.1) is 0 Å². The van der Waals surface area contributed by atoms with E-state index in [-0.39, 0.29) is 5.91 Å². The number of benzene rings is 1. The third kappa shape index (κ3) is 4.97. The zero-order valence-corrected chi connectivity index (χ0v) is 18.9. The second-order valence-electron chi connectivity index (χ2n) is 7.84. The number of aliphatic hydroxyl groups excluding tert-OH is 1. The van der Waals surface area contributed by atoms with Crippen LogP contribution in [0.3, 0.4) is 0 Å². The zero-order chi connectivity index (χ0) is 24.5. The van der Waals surface area contributed by atoms with E-state index in [4.69, 9.17) is 16.6 Å². The molecule has 1 amide bonds. The largest absolute Gasteiger partial charge is 0.416 e. The fraction of sp³-hybridized carbons (Fsp3) is 0.304. The lowest BCUT2D eigenvalue weighted by atomic mass is 10.0. The Hall–Kier alpha value is -3.24. The van der Waals surface area contributed by atoms with Gasteiger partial charge in [-0.2, -0.15) is 13.2 Å². The molecule has 1 atom stereocenters. The molecule has 34 heavy (non-hydrogen) atoms. The molecule has 11 heteroatoms. The molecule has 3 heterocycles. The molecule has 1 aliphatic rings. The molecule has 0 unspecified atom stereocenters. The van der Waals surface area contributed by atoms with Crippen molar-refractivity contribution in [3.05, 3.63) is 59.5 Å². The Bertz CT molecular complexity index is 1180. The van der Waals surface area contributed by atoms with Crippen LogP contribution in [0.15, 0.2) is 48.9 Å². The smallest absolute Gasteiger partial charge is 0.384 e. The van der Waals surface area contributed by atoms with Gasteiger partial charge in [0.1, 0.15) is 17.6 Å². The van der Waals surface area contributed by atoms with Crippen LogP contribution >= 0.6 is 11.6 Å². The summed E-state index contributed by atoms with van der Waals surface area (Å²) in [4.78, 5) is 28.9. The van der Waals surface area contributed by atoms with Crippen molar-refractivity contribution < 1.29 is 23.1 Å². The number of piperazine rings is 1. The summed E-state index contributed by atoms with van der Waals surface area (Å²) in [6.07, 6.45) is -0.940. The lowest BCUT2D eigenvalue weighted by Gasteiger charge is -2.36. The van der Waals surface area contributed by atoms with Crippen LogP contribution in [0.5, 0.6) is 0 Å². The molecule has 7 nitrogen and oxygen atoms in total. The number of carbonyl (C=O) groups is 1. The van der Waals surface area contributed by atoms with Crippen LogP contribution in [-0.4, -0.2) is 63.1 Å². The van der Waals surface area contributed by atoms with Gasteiger partial charge in [0.15, 0.2) is 0 Å². The van der Waals surface area contributed by atoms with Crippen LogP contribution in [0.25, 0.3) is 22.5 Å². The summed E-state index contributed by atoms with van der Waals surface area (Å²) in [6, 6.07) is 6.38. The first kappa shape index (κ1) is 23.9. The second kappa shape index (κ2) is 9.55. The molecule has 4 rings (SSSR count). The van der Waals surface area contributed by atoms with Crippen LogP contribution in [0.4, 0.5) is 19.0 Å². The van der Waals surface area contributed by atoms with Gasteiger partial charge in [-0.1, -0.05) is 23.7 Å². The van der Waals surface area contributed by atoms with Crippen molar-refractivity contribution in [3.63, 3.8) is 0 Å². The maximum absolute atomic E-state index is 13.0. The predicted molar refractivity (Wildman–Crippen MR) is 121 cm³/mol. The van der Waals surface area contributed by atoms with E-state index in [9.17, 15) is 23.1 Å². The molecule has 1 fully saturated rings. The van der Waals surface area contributed by atoms with Gasteiger partial charge >= 0.3 is 6.18 Å². The monoisotopic (exact) mass is 491 g/mol. The van der Waals surface area contributed by atoms with Crippen LogP contribution in [0.1, 0.15) is 12.5 Å². The fourth-order valence-electron chi connectivity index (χ4n) is 3.74. The first-order chi connectivity index (χ1) is 16.1. The predicted octanol–water partition coefficient (Wildman–Crippen LogP) is 3.91. The molecule has 0 bridgehead atoms. The normalized spacial score (nSPS) is 15.4. The third-order valence-corrected chi connectivity index (χ3v) is 5.85. The van der Waals surface area contributed by atoms with Crippen molar-refractivity contribution in [2.24, 2.45) is 0 Å². The third-order valence-electron chi connectivity index (χ3n) is 5.55.